The summed E-state index contributed by atoms with van der Waals surface area (Å²) in [7, 11) is 0. The van der Waals surface area contributed by atoms with E-state index >= 15 is 0 Å². The van der Waals surface area contributed by atoms with E-state index in [4.69, 9.17) is 0 Å². The van der Waals surface area contributed by atoms with Crippen LogP contribution in [-0.2, 0) is 9.59 Å². The fourth-order valence-corrected chi connectivity index (χ4v) is 2.28. The zero-order chi connectivity index (χ0) is 13.4. The van der Waals surface area contributed by atoms with Crippen LogP contribution in [0.25, 0.3) is 0 Å². The molecule has 0 aromatic heterocycles. The Morgan fingerprint density at radius 2 is 2.17 bits per heavy atom. The zero-order valence-corrected chi connectivity index (χ0v) is 11.5. The summed E-state index contributed by atoms with van der Waals surface area (Å²) >= 11 is 0. The van der Waals surface area contributed by atoms with E-state index in [0.29, 0.717) is 25.4 Å². The average Bonchev–Trinajstić information content (AvgIpc) is 2.37. The highest BCUT2D eigenvalue weighted by Gasteiger charge is 2.21. The summed E-state index contributed by atoms with van der Waals surface area (Å²) < 4.78 is 0. The van der Waals surface area contributed by atoms with Crippen LogP contribution >= 0.6 is 0 Å². The third-order valence-corrected chi connectivity index (χ3v) is 3.31. The summed E-state index contributed by atoms with van der Waals surface area (Å²) in [4.78, 5) is 25.2. The summed E-state index contributed by atoms with van der Waals surface area (Å²) in [5.74, 6) is 0.446. The highest BCUT2D eigenvalue weighted by molar-refractivity contribution is 5.84. The predicted octanol–water partition coefficient (Wildman–Crippen LogP) is 0.361. The lowest BCUT2D eigenvalue weighted by atomic mass is 9.95. The van der Waals surface area contributed by atoms with E-state index in [9.17, 15) is 9.59 Å². The second-order valence-corrected chi connectivity index (χ2v) is 4.78. The Morgan fingerprint density at radius 3 is 2.72 bits per heavy atom. The number of rotatable bonds is 6. The van der Waals surface area contributed by atoms with Gasteiger partial charge in [0, 0.05) is 19.5 Å². The number of nitrogens with one attached hydrogen (secondary N) is 2. The molecule has 18 heavy (non-hydrogen) atoms. The maximum absolute atomic E-state index is 12.1. The lowest BCUT2D eigenvalue weighted by Gasteiger charge is -2.26. The molecule has 0 aliphatic carbocycles. The van der Waals surface area contributed by atoms with Gasteiger partial charge in [-0.05, 0) is 45.7 Å². The highest BCUT2D eigenvalue weighted by atomic mass is 16.2. The van der Waals surface area contributed by atoms with Gasteiger partial charge in [0.2, 0.25) is 11.8 Å². The Morgan fingerprint density at radius 1 is 1.39 bits per heavy atom. The van der Waals surface area contributed by atoms with Crippen molar-refractivity contribution in [2.24, 2.45) is 5.92 Å². The maximum Gasteiger partial charge on any atom is 0.239 e. The van der Waals surface area contributed by atoms with Crippen LogP contribution in [0.15, 0.2) is 0 Å². The fraction of sp³-hybridized carbons (Fsp3) is 0.846. The number of hydrogen-bond donors (Lipinski definition) is 2. The van der Waals surface area contributed by atoms with Gasteiger partial charge in [-0.1, -0.05) is 0 Å². The molecule has 1 rings (SSSR count). The number of piperidine rings is 1. The number of likely N-dealkylation sites (N-methyl/N-ethyl adjacent to an activating group) is 2. The first-order valence-electron chi connectivity index (χ1n) is 6.92. The minimum Gasteiger partial charge on any atom is -0.355 e. The molecular weight excluding hydrogens is 230 g/mol. The van der Waals surface area contributed by atoms with Crippen LogP contribution in [0.3, 0.4) is 0 Å². The molecule has 0 bridgehead atoms. The molecule has 5 nitrogen and oxygen atoms in total. The van der Waals surface area contributed by atoms with Gasteiger partial charge in [-0.3, -0.25) is 9.59 Å². The monoisotopic (exact) mass is 255 g/mol. The van der Waals surface area contributed by atoms with E-state index in [0.717, 1.165) is 25.9 Å². The summed E-state index contributed by atoms with van der Waals surface area (Å²) in [6, 6.07) is 0. The fourth-order valence-electron chi connectivity index (χ4n) is 2.28. The second kappa shape index (κ2) is 8.08. The van der Waals surface area contributed by atoms with Crippen LogP contribution in [0.2, 0.25) is 0 Å². The molecule has 0 spiro atoms. The van der Waals surface area contributed by atoms with Gasteiger partial charge in [-0.25, -0.2) is 0 Å². The van der Waals surface area contributed by atoms with E-state index in [2.05, 4.69) is 10.6 Å². The molecular formula is C13H25N3O2. The van der Waals surface area contributed by atoms with Gasteiger partial charge < -0.3 is 15.5 Å². The Bertz CT molecular complexity index is 275. The summed E-state index contributed by atoms with van der Waals surface area (Å²) in [6.07, 6.45) is 2.80. The SMILES string of the molecule is CCNC(=O)CN(CC)C(=O)CC1CCCNC1. The van der Waals surface area contributed by atoms with Crippen LogP contribution in [0.4, 0.5) is 0 Å². The molecule has 0 aromatic carbocycles. The standard InChI is InChI=1S/C13H25N3O2/c1-3-15-12(17)10-16(4-2)13(18)8-11-6-5-7-14-9-11/h11,14H,3-10H2,1-2H3,(H,15,17). The Hall–Kier alpha value is -1.10. The van der Waals surface area contributed by atoms with Crippen molar-refractivity contribution < 1.29 is 9.59 Å². The summed E-state index contributed by atoms with van der Waals surface area (Å²) in [5, 5.41) is 6.03. The van der Waals surface area contributed by atoms with Gasteiger partial charge >= 0.3 is 0 Å². The Balaban J connectivity index is 2.38. The molecule has 1 heterocycles. The zero-order valence-electron chi connectivity index (χ0n) is 11.5. The normalized spacial score (nSPS) is 19.3. The van der Waals surface area contributed by atoms with E-state index in [1.807, 2.05) is 13.8 Å². The molecule has 1 aliphatic rings. The first kappa shape index (κ1) is 15.0. The van der Waals surface area contributed by atoms with Crippen LogP contribution in [0, 0.1) is 5.92 Å². The number of nitrogens with zero attached hydrogens (tertiary/aromatic N) is 1. The second-order valence-electron chi connectivity index (χ2n) is 4.78. The van der Waals surface area contributed by atoms with Crippen LogP contribution in [-0.4, -0.2) is 49.4 Å². The topological polar surface area (TPSA) is 61.4 Å². The molecule has 1 fully saturated rings. The average molecular weight is 255 g/mol. The molecule has 2 amide bonds. The Labute approximate surface area is 109 Å². The highest BCUT2D eigenvalue weighted by Crippen LogP contribution is 2.15. The molecule has 0 saturated carbocycles. The molecule has 0 aromatic rings. The molecule has 104 valence electrons. The quantitative estimate of drug-likeness (QED) is 0.720. The first-order valence-corrected chi connectivity index (χ1v) is 6.92. The minimum absolute atomic E-state index is 0.0746. The van der Waals surface area contributed by atoms with Crippen molar-refractivity contribution in [1.29, 1.82) is 0 Å². The van der Waals surface area contributed by atoms with Crippen molar-refractivity contribution in [3.8, 4) is 0 Å². The maximum atomic E-state index is 12.1. The van der Waals surface area contributed by atoms with Crippen molar-refractivity contribution in [2.75, 3.05) is 32.7 Å². The largest absolute Gasteiger partial charge is 0.355 e. The number of hydrogen-bond acceptors (Lipinski definition) is 3. The third-order valence-electron chi connectivity index (χ3n) is 3.31. The summed E-state index contributed by atoms with van der Waals surface area (Å²) in [5.41, 5.74) is 0. The molecule has 0 radical (unpaired) electrons. The van der Waals surface area contributed by atoms with E-state index in [1.165, 1.54) is 0 Å². The third kappa shape index (κ3) is 5.04. The molecule has 5 heteroatoms. The lowest BCUT2D eigenvalue weighted by Crippen LogP contribution is -2.42. The van der Waals surface area contributed by atoms with Gasteiger partial charge in [0.1, 0.15) is 0 Å². The van der Waals surface area contributed by atoms with Crippen molar-refractivity contribution in [3.63, 3.8) is 0 Å². The van der Waals surface area contributed by atoms with E-state index in [-0.39, 0.29) is 18.4 Å². The van der Waals surface area contributed by atoms with Crippen molar-refractivity contribution in [1.82, 2.24) is 15.5 Å². The molecule has 1 aliphatic heterocycles. The van der Waals surface area contributed by atoms with E-state index in [1.54, 1.807) is 4.90 Å². The Kier molecular flexibility index (Phi) is 6.72. The number of carbonyl (C=O) groups is 2. The molecule has 1 saturated heterocycles. The van der Waals surface area contributed by atoms with Gasteiger partial charge in [0.05, 0.1) is 6.54 Å². The smallest absolute Gasteiger partial charge is 0.239 e. The van der Waals surface area contributed by atoms with Gasteiger partial charge in [-0.2, -0.15) is 0 Å². The van der Waals surface area contributed by atoms with Gasteiger partial charge in [-0.15, -0.1) is 0 Å². The molecule has 1 atom stereocenters. The predicted molar refractivity (Wildman–Crippen MR) is 71.1 cm³/mol. The van der Waals surface area contributed by atoms with Crippen molar-refractivity contribution in [2.45, 2.75) is 33.1 Å². The molecule has 1 unspecified atom stereocenters. The van der Waals surface area contributed by atoms with Crippen LogP contribution in [0.1, 0.15) is 33.1 Å². The number of carbonyl (C=O) groups excluding carboxylic acids is 2. The van der Waals surface area contributed by atoms with Crippen LogP contribution < -0.4 is 10.6 Å². The number of amides is 2. The van der Waals surface area contributed by atoms with Crippen molar-refractivity contribution in [3.05, 3.63) is 0 Å². The van der Waals surface area contributed by atoms with Gasteiger partial charge in [0.15, 0.2) is 0 Å². The van der Waals surface area contributed by atoms with Crippen LogP contribution in [0.5, 0.6) is 0 Å². The molecule has 2 N–H and O–H groups in total. The van der Waals surface area contributed by atoms with Crippen molar-refractivity contribution >= 4 is 11.8 Å². The van der Waals surface area contributed by atoms with E-state index < -0.39 is 0 Å². The minimum atomic E-state index is -0.0746. The van der Waals surface area contributed by atoms with Gasteiger partial charge in [0.25, 0.3) is 0 Å². The lowest BCUT2D eigenvalue weighted by molar-refractivity contribution is -0.136. The first-order chi connectivity index (χ1) is 8.67. The summed E-state index contributed by atoms with van der Waals surface area (Å²) in [6.45, 7) is 7.15.